The van der Waals surface area contributed by atoms with Gasteiger partial charge in [-0.25, -0.2) is 4.98 Å². The Morgan fingerprint density at radius 3 is 2.62 bits per heavy atom. The van der Waals surface area contributed by atoms with E-state index in [1.165, 1.54) is 0 Å². The van der Waals surface area contributed by atoms with Gasteiger partial charge in [0.25, 0.3) is 5.91 Å². The van der Waals surface area contributed by atoms with E-state index < -0.39 is 0 Å². The number of piperazine rings is 1. The number of terminal acetylenes is 1. The highest BCUT2D eigenvalue weighted by molar-refractivity contribution is 5.93. The first-order valence-electron chi connectivity index (χ1n) is 12.3. The molecule has 2 aliphatic carbocycles. The van der Waals surface area contributed by atoms with Gasteiger partial charge in [-0.1, -0.05) is 0 Å². The van der Waals surface area contributed by atoms with Crippen LogP contribution in [0.15, 0.2) is 0 Å². The maximum absolute atomic E-state index is 12.8. The minimum absolute atomic E-state index is 0.147. The molecule has 0 spiro atoms. The lowest BCUT2D eigenvalue weighted by atomic mass is 9.92. The Morgan fingerprint density at radius 2 is 1.97 bits per heavy atom. The van der Waals surface area contributed by atoms with Crippen molar-refractivity contribution in [1.82, 2.24) is 14.8 Å². The summed E-state index contributed by atoms with van der Waals surface area (Å²) in [4.78, 5) is 36.0. The number of rotatable bonds is 6. The first-order valence-corrected chi connectivity index (χ1v) is 12.3. The van der Waals surface area contributed by atoms with Crippen LogP contribution in [-0.4, -0.2) is 72.5 Å². The molecule has 2 aliphatic heterocycles. The van der Waals surface area contributed by atoms with E-state index in [1.54, 1.807) is 12.0 Å². The predicted octanol–water partition coefficient (Wildman–Crippen LogP) is 1.81. The Balaban J connectivity index is 1.46. The molecule has 0 radical (unpaired) electrons. The minimum Gasteiger partial charge on any atom is -0.384 e. The highest BCUT2D eigenvalue weighted by Crippen LogP contribution is 2.45. The standard InChI is InChI=1S/C26H31N5O3/c1-3-23(32)29-10-8-19-20(14-27)26(28-25(18-6-7-18)21(19)15-29)30-11-12-31(24(33)9-13-34-2)22(16-30)17-4-5-17/h1,17-18,22H,4-13,15-16H2,2H3. The van der Waals surface area contributed by atoms with Gasteiger partial charge in [-0.15, -0.1) is 6.42 Å². The van der Waals surface area contributed by atoms with Crippen molar-refractivity contribution in [3.8, 4) is 18.4 Å². The second kappa shape index (κ2) is 9.27. The summed E-state index contributed by atoms with van der Waals surface area (Å²) >= 11 is 0. The van der Waals surface area contributed by atoms with E-state index >= 15 is 0 Å². The molecular formula is C26H31N5O3. The average Bonchev–Trinajstić information content (AvgIpc) is 3.78. The molecule has 3 fully saturated rings. The number of anilines is 1. The Bertz CT molecular complexity index is 1080. The van der Waals surface area contributed by atoms with Gasteiger partial charge in [-0.05, 0) is 55.1 Å². The molecule has 8 nitrogen and oxygen atoms in total. The van der Waals surface area contributed by atoms with Crippen LogP contribution in [0.2, 0.25) is 0 Å². The molecule has 4 aliphatic rings. The van der Waals surface area contributed by atoms with Crippen molar-refractivity contribution >= 4 is 17.6 Å². The summed E-state index contributed by atoms with van der Waals surface area (Å²) in [6, 6.07) is 2.59. The number of carbonyl (C=O) groups excluding carboxylic acids is 2. The van der Waals surface area contributed by atoms with Crippen molar-refractivity contribution in [1.29, 1.82) is 5.26 Å². The molecule has 5 rings (SSSR count). The lowest BCUT2D eigenvalue weighted by Crippen LogP contribution is -2.56. The van der Waals surface area contributed by atoms with Crippen LogP contribution in [0.4, 0.5) is 5.82 Å². The molecule has 0 bridgehead atoms. The number of aromatic nitrogens is 1. The van der Waals surface area contributed by atoms with Crippen LogP contribution in [0.1, 0.15) is 60.4 Å². The van der Waals surface area contributed by atoms with E-state index in [-0.39, 0.29) is 17.9 Å². The van der Waals surface area contributed by atoms with Crippen molar-refractivity contribution in [2.75, 3.05) is 44.8 Å². The fraction of sp³-hybridized carbons (Fsp3) is 0.615. The van der Waals surface area contributed by atoms with Crippen LogP contribution < -0.4 is 4.90 Å². The van der Waals surface area contributed by atoms with Crippen LogP contribution in [0.5, 0.6) is 0 Å². The van der Waals surface area contributed by atoms with Gasteiger partial charge in [0.15, 0.2) is 0 Å². The van der Waals surface area contributed by atoms with Gasteiger partial charge in [-0.2, -0.15) is 5.26 Å². The monoisotopic (exact) mass is 461 g/mol. The number of hydrogen-bond donors (Lipinski definition) is 0. The second-order valence-corrected chi connectivity index (χ2v) is 9.84. The molecule has 1 aromatic heterocycles. The van der Waals surface area contributed by atoms with Crippen LogP contribution >= 0.6 is 0 Å². The third-order valence-corrected chi connectivity index (χ3v) is 7.62. The summed E-state index contributed by atoms with van der Waals surface area (Å²) in [5, 5.41) is 10.2. The van der Waals surface area contributed by atoms with Crippen molar-refractivity contribution in [2.24, 2.45) is 5.92 Å². The Hall–Kier alpha value is -3.10. The number of fused-ring (bicyclic) bond motifs is 1. The normalized spacial score (nSPS) is 22.1. The summed E-state index contributed by atoms with van der Waals surface area (Å²) in [7, 11) is 1.62. The lowest BCUT2D eigenvalue weighted by molar-refractivity contribution is -0.135. The number of methoxy groups -OCH3 is 1. The van der Waals surface area contributed by atoms with Gasteiger partial charge in [0.05, 0.1) is 30.3 Å². The molecule has 1 atom stereocenters. The van der Waals surface area contributed by atoms with E-state index in [9.17, 15) is 14.9 Å². The Morgan fingerprint density at radius 1 is 1.18 bits per heavy atom. The topological polar surface area (TPSA) is 89.8 Å². The molecule has 178 valence electrons. The first-order chi connectivity index (χ1) is 16.5. The van der Waals surface area contributed by atoms with Gasteiger partial charge in [0, 0.05) is 45.8 Å². The third kappa shape index (κ3) is 4.23. The van der Waals surface area contributed by atoms with Gasteiger partial charge in [0.1, 0.15) is 11.9 Å². The molecule has 0 N–H and O–H groups in total. The molecule has 2 saturated carbocycles. The number of amides is 2. The maximum atomic E-state index is 12.8. The zero-order valence-electron chi connectivity index (χ0n) is 19.8. The van der Waals surface area contributed by atoms with Gasteiger partial charge in [0.2, 0.25) is 5.91 Å². The Labute approximate surface area is 200 Å². The summed E-state index contributed by atoms with van der Waals surface area (Å²) in [5.74, 6) is 3.72. The van der Waals surface area contributed by atoms with Crippen LogP contribution in [-0.2, 0) is 27.3 Å². The molecule has 2 amide bonds. The summed E-state index contributed by atoms with van der Waals surface area (Å²) in [5.41, 5.74) is 3.70. The fourth-order valence-electron chi connectivity index (χ4n) is 5.48. The number of hydrogen-bond acceptors (Lipinski definition) is 6. The van der Waals surface area contributed by atoms with Crippen molar-refractivity contribution in [2.45, 2.75) is 57.0 Å². The quantitative estimate of drug-likeness (QED) is 0.601. The van der Waals surface area contributed by atoms with E-state index in [1.807, 2.05) is 4.90 Å². The van der Waals surface area contributed by atoms with E-state index in [4.69, 9.17) is 16.1 Å². The molecule has 34 heavy (non-hydrogen) atoms. The van der Waals surface area contributed by atoms with E-state index in [0.717, 1.165) is 48.3 Å². The van der Waals surface area contributed by atoms with Crippen molar-refractivity contribution < 1.29 is 14.3 Å². The Kier molecular flexibility index (Phi) is 6.18. The molecule has 3 heterocycles. The van der Waals surface area contributed by atoms with Gasteiger partial charge >= 0.3 is 0 Å². The van der Waals surface area contributed by atoms with Crippen LogP contribution in [0.25, 0.3) is 0 Å². The van der Waals surface area contributed by atoms with Crippen LogP contribution in [0, 0.1) is 29.6 Å². The lowest BCUT2D eigenvalue weighted by Gasteiger charge is -2.43. The van der Waals surface area contributed by atoms with Crippen molar-refractivity contribution in [3.05, 3.63) is 22.4 Å². The number of nitriles is 1. The summed E-state index contributed by atoms with van der Waals surface area (Å²) in [6.07, 6.45) is 10.8. The third-order valence-electron chi connectivity index (χ3n) is 7.62. The molecule has 0 aromatic carbocycles. The first kappa shape index (κ1) is 22.7. The fourth-order valence-corrected chi connectivity index (χ4v) is 5.48. The number of nitrogens with zero attached hydrogens (tertiary/aromatic N) is 5. The number of pyridine rings is 1. The molecule has 1 aromatic rings. The van der Waals surface area contributed by atoms with Crippen molar-refractivity contribution in [3.63, 3.8) is 0 Å². The van der Waals surface area contributed by atoms with Gasteiger partial charge in [-0.3, -0.25) is 9.59 Å². The zero-order valence-corrected chi connectivity index (χ0v) is 19.8. The van der Waals surface area contributed by atoms with E-state index in [0.29, 0.717) is 69.6 Å². The second-order valence-electron chi connectivity index (χ2n) is 9.84. The van der Waals surface area contributed by atoms with Gasteiger partial charge < -0.3 is 19.4 Å². The largest absolute Gasteiger partial charge is 0.384 e. The van der Waals surface area contributed by atoms with Crippen LogP contribution in [0.3, 0.4) is 0 Å². The minimum atomic E-state index is -0.309. The molecular weight excluding hydrogens is 430 g/mol. The number of carbonyl (C=O) groups is 2. The SMILES string of the molecule is C#CC(=O)N1CCc2c(C#N)c(N3CCN(C(=O)CCOC)C(C4CC4)C3)nc(C3CC3)c2C1. The zero-order chi connectivity index (χ0) is 23.8. The highest BCUT2D eigenvalue weighted by atomic mass is 16.5. The molecule has 8 heteroatoms. The predicted molar refractivity (Wildman–Crippen MR) is 126 cm³/mol. The van der Waals surface area contributed by atoms with E-state index in [2.05, 4.69) is 16.9 Å². The molecule has 1 unspecified atom stereocenters. The smallest absolute Gasteiger partial charge is 0.298 e. The number of ether oxygens (including phenoxy) is 1. The maximum Gasteiger partial charge on any atom is 0.298 e. The average molecular weight is 462 g/mol. The summed E-state index contributed by atoms with van der Waals surface area (Å²) in [6.45, 7) is 3.38. The summed E-state index contributed by atoms with van der Waals surface area (Å²) < 4.78 is 5.12. The molecule has 1 saturated heterocycles. The highest BCUT2D eigenvalue weighted by Gasteiger charge is 2.42.